The minimum absolute atomic E-state index is 0.185. The third-order valence-electron chi connectivity index (χ3n) is 2.01. The van der Waals surface area contributed by atoms with Gasteiger partial charge in [0, 0.05) is 6.04 Å². The number of carbonyl (C=O) groups excluding carboxylic acids is 1. The fraction of sp³-hybridized carbons (Fsp3) is 0.900. The molecular formula is C10H21NO2. The molecule has 0 aliphatic carbocycles. The van der Waals surface area contributed by atoms with Crippen molar-refractivity contribution >= 4 is 5.97 Å². The Hall–Kier alpha value is -0.570. The molecule has 0 rings (SSSR count). The van der Waals surface area contributed by atoms with Crippen LogP contribution >= 0.6 is 0 Å². The first-order valence-electron chi connectivity index (χ1n) is 4.89. The lowest BCUT2D eigenvalue weighted by Gasteiger charge is -2.27. The maximum atomic E-state index is 11.4. The van der Waals surface area contributed by atoms with E-state index >= 15 is 0 Å². The average Bonchev–Trinajstić information content (AvgIpc) is 2.04. The van der Waals surface area contributed by atoms with Crippen LogP contribution in [0.4, 0.5) is 0 Å². The van der Waals surface area contributed by atoms with Crippen LogP contribution in [0, 0.1) is 0 Å². The monoisotopic (exact) mass is 187 g/mol. The molecule has 0 spiro atoms. The predicted molar refractivity (Wildman–Crippen MR) is 53.6 cm³/mol. The molecule has 0 aromatic carbocycles. The van der Waals surface area contributed by atoms with Crippen LogP contribution in [0.1, 0.15) is 41.0 Å². The molecule has 0 saturated heterocycles. The van der Waals surface area contributed by atoms with Crippen LogP contribution in [0.5, 0.6) is 0 Å². The van der Waals surface area contributed by atoms with Crippen molar-refractivity contribution in [1.29, 1.82) is 0 Å². The lowest BCUT2D eigenvalue weighted by molar-refractivity contribution is -0.150. The van der Waals surface area contributed by atoms with E-state index in [0.29, 0.717) is 12.6 Å². The molecule has 0 bridgehead atoms. The van der Waals surface area contributed by atoms with Crippen LogP contribution in [-0.2, 0) is 9.53 Å². The molecule has 0 fully saturated rings. The van der Waals surface area contributed by atoms with Gasteiger partial charge in [-0.05, 0) is 34.1 Å². The van der Waals surface area contributed by atoms with Crippen molar-refractivity contribution in [2.24, 2.45) is 0 Å². The summed E-state index contributed by atoms with van der Waals surface area (Å²) in [6.07, 6.45) is 1.00. The van der Waals surface area contributed by atoms with Gasteiger partial charge in [-0.1, -0.05) is 6.92 Å². The molecule has 0 saturated carbocycles. The Morgan fingerprint density at radius 2 is 2.00 bits per heavy atom. The van der Waals surface area contributed by atoms with Crippen molar-refractivity contribution in [1.82, 2.24) is 5.32 Å². The first-order valence-corrected chi connectivity index (χ1v) is 4.89. The summed E-state index contributed by atoms with van der Waals surface area (Å²) >= 11 is 0. The number of rotatable bonds is 5. The standard InChI is InChI=1S/C10H21NO2/c1-6-8(3)11-10(4,5)9(12)13-7-2/h8,11H,6-7H2,1-5H3. The van der Waals surface area contributed by atoms with Gasteiger partial charge in [0.15, 0.2) is 0 Å². The molecule has 0 aromatic heterocycles. The molecule has 0 heterocycles. The summed E-state index contributed by atoms with van der Waals surface area (Å²) in [6, 6.07) is 0.333. The first-order chi connectivity index (χ1) is 5.94. The second-order valence-electron chi connectivity index (χ2n) is 3.80. The molecule has 0 aliphatic heterocycles. The molecule has 0 aliphatic rings. The molecular weight excluding hydrogens is 166 g/mol. The summed E-state index contributed by atoms with van der Waals surface area (Å²) in [5.74, 6) is -0.185. The van der Waals surface area contributed by atoms with Crippen molar-refractivity contribution < 1.29 is 9.53 Å². The smallest absolute Gasteiger partial charge is 0.325 e. The molecule has 0 amide bonds. The normalized spacial score (nSPS) is 13.9. The van der Waals surface area contributed by atoms with Crippen LogP contribution in [0.2, 0.25) is 0 Å². The summed E-state index contributed by atoms with van der Waals surface area (Å²) in [6.45, 7) is 10.1. The van der Waals surface area contributed by atoms with Crippen LogP contribution < -0.4 is 5.32 Å². The average molecular weight is 187 g/mol. The number of hydrogen-bond donors (Lipinski definition) is 1. The van der Waals surface area contributed by atoms with Crippen molar-refractivity contribution in [3.8, 4) is 0 Å². The molecule has 78 valence electrons. The highest BCUT2D eigenvalue weighted by Crippen LogP contribution is 2.07. The Morgan fingerprint density at radius 3 is 2.38 bits per heavy atom. The number of ether oxygens (including phenoxy) is 1. The van der Waals surface area contributed by atoms with Crippen molar-refractivity contribution in [3.63, 3.8) is 0 Å². The lowest BCUT2D eigenvalue weighted by atomic mass is 10.0. The SMILES string of the molecule is CCOC(=O)C(C)(C)NC(C)CC. The molecule has 1 N–H and O–H groups in total. The summed E-state index contributed by atoms with van der Waals surface area (Å²) in [7, 11) is 0. The third-order valence-corrected chi connectivity index (χ3v) is 2.01. The van der Waals surface area contributed by atoms with Crippen molar-refractivity contribution in [2.75, 3.05) is 6.61 Å². The second kappa shape index (κ2) is 5.22. The second-order valence-corrected chi connectivity index (χ2v) is 3.80. The Labute approximate surface area is 80.8 Å². The number of esters is 1. The van der Waals surface area contributed by atoms with Crippen LogP contribution in [0.3, 0.4) is 0 Å². The number of nitrogens with one attached hydrogen (secondary N) is 1. The zero-order chi connectivity index (χ0) is 10.5. The van der Waals surface area contributed by atoms with E-state index in [-0.39, 0.29) is 5.97 Å². The van der Waals surface area contributed by atoms with E-state index in [1.807, 2.05) is 20.8 Å². The Morgan fingerprint density at radius 1 is 1.46 bits per heavy atom. The lowest BCUT2D eigenvalue weighted by Crippen LogP contribution is -2.51. The number of hydrogen-bond acceptors (Lipinski definition) is 3. The van der Waals surface area contributed by atoms with Crippen molar-refractivity contribution in [3.05, 3.63) is 0 Å². The maximum absolute atomic E-state index is 11.4. The third kappa shape index (κ3) is 4.27. The Bertz CT molecular complexity index is 166. The van der Waals surface area contributed by atoms with Gasteiger partial charge in [-0.25, -0.2) is 0 Å². The molecule has 3 nitrogen and oxygen atoms in total. The van der Waals surface area contributed by atoms with Crippen LogP contribution in [-0.4, -0.2) is 24.2 Å². The Kier molecular flexibility index (Phi) is 4.99. The van der Waals surface area contributed by atoms with Gasteiger partial charge < -0.3 is 4.74 Å². The zero-order valence-electron chi connectivity index (χ0n) is 9.31. The fourth-order valence-corrected chi connectivity index (χ4v) is 1.09. The maximum Gasteiger partial charge on any atom is 0.325 e. The quantitative estimate of drug-likeness (QED) is 0.666. The van der Waals surface area contributed by atoms with Gasteiger partial charge in [0.05, 0.1) is 6.61 Å². The van der Waals surface area contributed by atoms with Gasteiger partial charge >= 0.3 is 5.97 Å². The molecule has 0 radical (unpaired) electrons. The van der Waals surface area contributed by atoms with Gasteiger partial charge in [-0.3, -0.25) is 10.1 Å². The molecule has 1 unspecified atom stereocenters. The summed E-state index contributed by atoms with van der Waals surface area (Å²) < 4.78 is 4.95. The van der Waals surface area contributed by atoms with Gasteiger partial charge in [0.1, 0.15) is 5.54 Å². The predicted octanol–water partition coefficient (Wildman–Crippen LogP) is 1.72. The highest BCUT2D eigenvalue weighted by molar-refractivity contribution is 5.79. The van der Waals surface area contributed by atoms with Gasteiger partial charge in [0.2, 0.25) is 0 Å². The summed E-state index contributed by atoms with van der Waals surface area (Å²) in [5, 5.41) is 3.22. The van der Waals surface area contributed by atoms with E-state index in [1.165, 1.54) is 0 Å². The minimum atomic E-state index is -0.578. The van der Waals surface area contributed by atoms with Gasteiger partial charge in [-0.2, -0.15) is 0 Å². The van der Waals surface area contributed by atoms with E-state index in [2.05, 4.69) is 19.2 Å². The summed E-state index contributed by atoms with van der Waals surface area (Å²) in [4.78, 5) is 11.4. The van der Waals surface area contributed by atoms with E-state index in [1.54, 1.807) is 0 Å². The van der Waals surface area contributed by atoms with Gasteiger partial charge in [0.25, 0.3) is 0 Å². The van der Waals surface area contributed by atoms with E-state index in [4.69, 9.17) is 4.74 Å². The zero-order valence-corrected chi connectivity index (χ0v) is 9.31. The van der Waals surface area contributed by atoms with Crippen molar-refractivity contribution in [2.45, 2.75) is 52.6 Å². The van der Waals surface area contributed by atoms with Crippen LogP contribution in [0.15, 0.2) is 0 Å². The largest absolute Gasteiger partial charge is 0.465 e. The highest BCUT2D eigenvalue weighted by atomic mass is 16.5. The minimum Gasteiger partial charge on any atom is -0.465 e. The molecule has 1 atom stereocenters. The Balaban J connectivity index is 4.13. The van der Waals surface area contributed by atoms with E-state index in [0.717, 1.165) is 6.42 Å². The highest BCUT2D eigenvalue weighted by Gasteiger charge is 2.29. The topological polar surface area (TPSA) is 38.3 Å². The van der Waals surface area contributed by atoms with Gasteiger partial charge in [-0.15, -0.1) is 0 Å². The first kappa shape index (κ1) is 12.4. The molecule has 13 heavy (non-hydrogen) atoms. The number of carbonyl (C=O) groups is 1. The van der Waals surface area contributed by atoms with Crippen LogP contribution in [0.25, 0.3) is 0 Å². The van der Waals surface area contributed by atoms with E-state index < -0.39 is 5.54 Å². The fourth-order valence-electron chi connectivity index (χ4n) is 1.09. The molecule has 0 aromatic rings. The van der Waals surface area contributed by atoms with E-state index in [9.17, 15) is 4.79 Å². The summed E-state index contributed by atoms with van der Waals surface area (Å²) in [5.41, 5.74) is -0.578. The molecule has 3 heteroatoms.